The molecule has 0 aliphatic rings. The molecule has 0 saturated carbocycles. The lowest BCUT2D eigenvalue weighted by molar-refractivity contribution is 0.288. The van der Waals surface area contributed by atoms with Gasteiger partial charge in [0, 0.05) is 25.3 Å². The second-order valence-electron chi connectivity index (χ2n) is 7.18. The van der Waals surface area contributed by atoms with Crippen LogP contribution in [0.5, 0.6) is 5.75 Å². The van der Waals surface area contributed by atoms with Crippen LogP contribution in [-0.2, 0) is 25.8 Å². The van der Waals surface area contributed by atoms with Crippen molar-refractivity contribution in [2.24, 2.45) is 7.05 Å². The Labute approximate surface area is 188 Å². The number of benzene rings is 1. The molecule has 0 N–H and O–H groups in total. The molecular formula is C21H24N6O2S2. The van der Waals surface area contributed by atoms with Crippen molar-refractivity contribution >= 4 is 28.1 Å². The highest BCUT2D eigenvalue weighted by Gasteiger charge is 2.13. The van der Waals surface area contributed by atoms with Crippen molar-refractivity contribution in [2.75, 3.05) is 0 Å². The topological polar surface area (TPSA) is 87.2 Å². The summed E-state index contributed by atoms with van der Waals surface area (Å²) in [5.41, 5.74) is 1.64. The third kappa shape index (κ3) is 4.96. The number of nitrogens with zero attached hydrogens (tertiary/aromatic N) is 6. The third-order valence-electron chi connectivity index (χ3n) is 4.81. The summed E-state index contributed by atoms with van der Waals surface area (Å²) in [5.74, 6) is 2.09. The lowest BCUT2D eigenvalue weighted by Gasteiger charge is -2.08. The Morgan fingerprint density at radius 1 is 1.23 bits per heavy atom. The SMILES string of the molecule is CCCCc1nn2c(=O)cc(CSc3nnc(COc4ccccc4C)n3C)nc2s1. The van der Waals surface area contributed by atoms with Crippen LogP contribution in [0, 0.1) is 6.92 Å². The van der Waals surface area contributed by atoms with E-state index in [0.717, 1.165) is 46.6 Å². The number of fused-ring (bicyclic) bond motifs is 1. The molecule has 3 heterocycles. The molecule has 0 atom stereocenters. The zero-order chi connectivity index (χ0) is 21.8. The van der Waals surface area contributed by atoms with Crippen molar-refractivity contribution < 1.29 is 4.74 Å². The van der Waals surface area contributed by atoms with Gasteiger partial charge in [-0.2, -0.15) is 9.61 Å². The van der Waals surface area contributed by atoms with Crippen LogP contribution in [0.15, 0.2) is 40.3 Å². The fourth-order valence-electron chi connectivity index (χ4n) is 2.99. The van der Waals surface area contributed by atoms with Gasteiger partial charge in [-0.3, -0.25) is 4.79 Å². The highest BCUT2D eigenvalue weighted by Crippen LogP contribution is 2.22. The van der Waals surface area contributed by atoms with Crippen molar-refractivity contribution in [2.45, 2.75) is 50.6 Å². The van der Waals surface area contributed by atoms with E-state index < -0.39 is 0 Å². The second kappa shape index (κ2) is 9.61. The van der Waals surface area contributed by atoms with E-state index in [1.807, 2.05) is 42.8 Å². The van der Waals surface area contributed by atoms with Crippen molar-refractivity contribution in [1.82, 2.24) is 29.4 Å². The predicted octanol–water partition coefficient (Wildman–Crippen LogP) is 3.80. The van der Waals surface area contributed by atoms with E-state index in [-0.39, 0.29) is 5.56 Å². The van der Waals surface area contributed by atoms with Gasteiger partial charge in [0.05, 0.1) is 5.69 Å². The Bertz CT molecular complexity index is 1250. The van der Waals surface area contributed by atoms with Gasteiger partial charge >= 0.3 is 0 Å². The van der Waals surface area contributed by atoms with E-state index in [4.69, 9.17) is 4.74 Å². The Morgan fingerprint density at radius 2 is 2.06 bits per heavy atom. The van der Waals surface area contributed by atoms with Crippen LogP contribution in [0.25, 0.3) is 4.96 Å². The summed E-state index contributed by atoms with van der Waals surface area (Å²) in [6, 6.07) is 9.42. The zero-order valence-electron chi connectivity index (χ0n) is 17.7. The fraction of sp³-hybridized carbons (Fsp3) is 0.381. The molecule has 0 amide bonds. The molecular weight excluding hydrogens is 432 g/mol. The molecule has 1 aromatic carbocycles. The van der Waals surface area contributed by atoms with Gasteiger partial charge in [-0.1, -0.05) is 54.6 Å². The number of thioether (sulfide) groups is 1. The number of para-hydroxylation sites is 1. The number of ether oxygens (including phenoxy) is 1. The minimum Gasteiger partial charge on any atom is -0.485 e. The molecule has 4 rings (SSSR count). The van der Waals surface area contributed by atoms with Crippen LogP contribution in [0.2, 0.25) is 0 Å². The van der Waals surface area contributed by atoms with Gasteiger partial charge < -0.3 is 9.30 Å². The van der Waals surface area contributed by atoms with E-state index in [2.05, 4.69) is 27.2 Å². The van der Waals surface area contributed by atoms with Crippen molar-refractivity contribution in [3.8, 4) is 5.75 Å². The Morgan fingerprint density at radius 3 is 2.87 bits per heavy atom. The third-order valence-corrected chi connectivity index (χ3v) is 6.83. The van der Waals surface area contributed by atoms with E-state index in [9.17, 15) is 4.79 Å². The number of rotatable bonds is 9. The Balaban J connectivity index is 1.43. The molecule has 8 nitrogen and oxygen atoms in total. The summed E-state index contributed by atoms with van der Waals surface area (Å²) in [4.78, 5) is 17.7. The standard InChI is InChI=1S/C21H24N6O2S2/c1-4-5-10-18-25-27-19(28)11-15(22-20(27)31-18)13-30-21-24-23-17(26(21)3)12-29-16-9-7-6-8-14(16)2/h6-9,11H,4-5,10,12-13H2,1-3H3. The summed E-state index contributed by atoms with van der Waals surface area (Å²) in [6.45, 7) is 4.48. The molecule has 3 aromatic heterocycles. The molecule has 4 aromatic rings. The minimum absolute atomic E-state index is 0.148. The summed E-state index contributed by atoms with van der Waals surface area (Å²) < 4.78 is 9.18. The molecule has 0 aliphatic carbocycles. The summed E-state index contributed by atoms with van der Waals surface area (Å²) in [7, 11) is 1.91. The van der Waals surface area contributed by atoms with Crippen LogP contribution in [-0.4, -0.2) is 29.4 Å². The van der Waals surface area contributed by atoms with Crippen LogP contribution >= 0.6 is 23.1 Å². The zero-order valence-corrected chi connectivity index (χ0v) is 19.4. The first kappa shape index (κ1) is 21.5. The van der Waals surface area contributed by atoms with Gasteiger partial charge in [-0.15, -0.1) is 10.2 Å². The minimum atomic E-state index is -0.148. The van der Waals surface area contributed by atoms with E-state index in [1.165, 1.54) is 27.6 Å². The average Bonchev–Trinajstić information content (AvgIpc) is 3.33. The monoisotopic (exact) mass is 456 g/mol. The number of aromatic nitrogens is 6. The van der Waals surface area contributed by atoms with Gasteiger partial charge in [-0.25, -0.2) is 4.98 Å². The first-order valence-corrected chi connectivity index (χ1v) is 11.9. The van der Waals surface area contributed by atoms with E-state index in [1.54, 1.807) is 6.07 Å². The molecule has 0 unspecified atom stereocenters. The second-order valence-corrected chi connectivity index (χ2v) is 9.16. The largest absolute Gasteiger partial charge is 0.485 e. The maximum absolute atomic E-state index is 12.4. The number of hydrogen-bond donors (Lipinski definition) is 0. The first-order valence-electron chi connectivity index (χ1n) is 10.1. The molecule has 0 spiro atoms. The Kier molecular flexibility index (Phi) is 6.67. The molecule has 0 bridgehead atoms. The average molecular weight is 457 g/mol. The summed E-state index contributed by atoms with van der Waals surface area (Å²) in [6.07, 6.45) is 3.02. The maximum Gasteiger partial charge on any atom is 0.275 e. The normalized spacial score (nSPS) is 11.3. The Hall–Kier alpha value is -2.72. The van der Waals surface area contributed by atoms with Crippen LogP contribution < -0.4 is 10.3 Å². The van der Waals surface area contributed by atoms with E-state index >= 15 is 0 Å². The molecule has 162 valence electrons. The molecule has 31 heavy (non-hydrogen) atoms. The lowest BCUT2D eigenvalue weighted by Crippen LogP contribution is -2.15. The van der Waals surface area contributed by atoms with Crippen molar-refractivity contribution in [3.63, 3.8) is 0 Å². The number of unbranched alkanes of at least 4 members (excludes halogenated alkanes) is 1. The van der Waals surface area contributed by atoms with Crippen molar-refractivity contribution in [3.05, 3.63) is 62.8 Å². The summed E-state index contributed by atoms with van der Waals surface area (Å²) >= 11 is 2.97. The highest BCUT2D eigenvalue weighted by molar-refractivity contribution is 7.98. The fourth-order valence-corrected chi connectivity index (χ4v) is 4.78. The highest BCUT2D eigenvalue weighted by atomic mass is 32.2. The predicted molar refractivity (Wildman–Crippen MR) is 122 cm³/mol. The van der Waals surface area contributed by atoms with Crippen molar-refractivity contribution in [1.29, 1.82) is 0 Å². The van der Waals surface area contributed by atoms with Crippen LogP contribution in [0.3, 0.4) is 0 Å². The maximum atomic E-state index is 12.4. The number of hydrogen-bond acceptors (Lipinski definition) is 8. The van der Waals surface area contributed by atoms with Gasteiger partial charge in [0.1, 0.15) is 17.4 Å². The summed E-state index contributed by atoms with van der Waals surface area (Å²) in [5, 5.41) is 14.6. The van der Waals surface area contributed by atoms with Gasteiger partial charge in [0.15, 0.2) is 11.0 Å². The van der Waals surface area contributed by atoms with Gasteiger partial charge in [0.25, 0.3) is 5.56 Å². The van der Waals surface area contributed by atoms with Gasteiger partial charge in [-0.05, 0) is 25.0 Å². The molecule has 0 saturated heterocycles. The van der Waals surface area contributed by atoms with Gasteiger partial charge in [0.2, 0.25) is 4.96 Å². The quantitative estimate of drug-likeness (QED) is 0.354. The molecule has 0 radical (unpaired) electrons. The first-order chi connectivity index (χ1) is 15.0. The van der Waals surface area contributed by atoms with Crippen LogP contribution in [0.4, 0.5) is 0 Å². The molecule has 0 fully saturated rings. The number of aryl methyl sites for hydroxylation is 2. The smallest absolute Gasteiger partial charge is 0.275 e. The molecule has 10 heteroatoms. The van der Waals surface area contributed by atoms with Crippen LogP contribution in [0.1, 0.15) is 41.9 Å². The lowest BCUT2D eigenvalue weighted by atomic mass is 10.2. The molecule has 0 aliphatic heterocycles. The van der Waals surface area contributed by atoms with E-state index in [0.29, 0.717) is 23.0 Å².